The van der Waals surface area contributed by atoms with Gasteiger partial charge in [0.25, 0.3) is 5.91 Å². The number of ether oxygens (including phenoxy) is 1. The number of nitrogens with one attached hydrogen (secondary N) is 1. The number of benzene rings is 1. The SMILES string of the molecule is Cc1onc(C(=O)NCc2ccco2)c1COc1ccccc1Cl. The Kier molecular flexibility index (Phi) is 4.86. The Balaban J connectivity index is 1.69. The van der Waals surface area contributed by atoms with Crippen molar-refractivity contribution in [3.05, 3.63) is 70.5 Å². The number of amides is 1. The number of aryl methyl sites for hydroxylation is 1. The van der Waals surface area contributed by atoms with Crippen LogP contribution in [0.15, 0.2) is 51.6 Å². The minimum Gasteiger partial charge on any atom is -0.487 e. The maximum atomic E-state index is 12.3. The summed E-state index contributed by atoms with van der Waals surface area (Å²) in [4.78, 5) is 12.3. The van der Waals surface area contributed by atoms with Crippen LogP contribution >= 0.6 is 11.6 Å². The normalized spacial score (nSPS) is 10.6. The van der Waals surface area contributed by atoms with E-state index in [4.69, 9.17) is 25.3 Å². The van der Waals surface area contributed by atoms with Crippen LogP contribution < -0.4 is 10.1 Å². The summed E-state index contributed by atoms with van der Waals surface area (Å²) in [6.45, 7) is 2.12. The second-order valence-electron chi connectivity index (χ2n) is 5.05. The number of hydrogen-bond donors (Lipinski definition) is 1. The molecular weight excluding hydrogens is 332 g/mol. The maximum Gasteiger partial charge on any atom is 0.274 e. The standard InChI is InChI=1S/C17H15ClN2O4/c1-11-13(10-23-15-7-3-2-6-14(15)18)16(20-24-11)17(21)19-9-12-5-4-8-22-12/h2-8H,9-10H2,1H3,(H,19,21). The van der Waals surface area contributed by atoms with Crippen molar-refractivity contribution in [2.45, 2.75) is 20.1 Å². The van der Waals surface area contributed by atoms with E-state index in [1.165, 1.54) is 0 Å². The summed E-state index contributed by atoms with van der Waals surface area (Å²) in [7, 11) is 0. The Morgan fingerprint density at radius 1 is 1.29 bits per heavy atom. The third-order valence-corrected chi connectivity index (χ3v) is 3.72. The number of hydrogen-bond acceptors (Lipinski definition) is 5. The van der Waals surface area contributed by atoms with Gasteiger partial charge in [-0.3, -0.25) is 4.79 Å². The van der Waals surface area contributed by atoms with Crippen molar-refractivity contribution in [1.82, 2.24) is 10.5 Å². The van der Waals surface area contributed by atoms with E-state index in [0.717, 1.165) is 0 Å². The molecule has 3 aromatic rings. The summed E-state index contributed by atoms with van der Waals surface area (Å²) in [6, 6.07) is 10.6. The molecule has 0 atom stereocenters. The molecule has 0 radical (unpaired) electrons. The fourth-order valence-electron chi connectivity index (χ4n) is 2.12. The molecule has 1 N–H and O–H groups in total. The first-order valence-corrected chi connectivity index (χ1v) is 7.66. The van der Waals surface area contributed by atoms with Crippen LogP contribution in [-0.2, 0) is 13.2 Å². The maximum absolute atomic E-state index is 12.3. The van der Waals surface area contributed by atoms with Crippen molar-refractivity contribution in [3.8, 4) is 5.75 Å². The zero-order valence-corrected chi connectivity index (χ0v) is 13.7. The summed E-state index contributed by atoms with van der Waals surface area (Å²) in [5.41, 5.74) is 0.762. The van der Waals surface area contributed by atoms with Gasteiger partial charge in [-0.2, -0.15) is 0 Å². The molecule has 0 aliphatic rings. The molecule has 6 nitrogen and oxygen atoms in total. The van der Waals surface area contributed by atoms with E-state index in [9.17, 15) is 4.79 Å². The van der Waals surface area contributed by atoms with Gasteiger partial charge in [-0.1, -0.05) is 28.9 Å². The molecule has 3 rings (SSSR count). The van der Waals surface area contributed by atoms with Gasteiger partial charge in [0.05, 0.1) is 23.4 Å². The quantitative estimate of drug-likeness (QED) is 0.735. The summed E-state index contributed by atoms with van der Waals surface area (Å²) >= 11 is 6.06. The van der Waals surface area contributed by atoms with E-state index in [2.05, 4.69) is 10.5 Å². The van der Waals surface area contributed by atoms with Crippen molar-refractivity contribution >= 4 is 17.5 Å². The molecule has 0 saturated heterocycles. The first-order valence-electron chi connectivity index (χ1n) is 7.28. The molecule has 1 amide bonds. The molecule has 0 aliphatic carbocycles. The number of carbonyl (C=O) groups is 1. The topological polar surface area (TPSA) is 77.5 Å². The highest BCUT2D eigenvalue weighted by Crippen LogP contribution is 2.25. The first-order chi connectivity index (χ1) is 11.6. The first kappa shape index (κ1) is 16.1. The number of rotatable bonds is 6. The van der Waals surface area contributed by atoms with Gasteiger partial charge in [0.2, 0.25) is 0 Å². The van der Waals surface area contributed by atoms with Gasteiger partial charge < -0.3 is 19.0 Å². The van der Waals surface area contributed by atoms with Gasteiger partial charge in [-0.15, -0.1) is 0 Å². The molecular formula is C17H15ClN2O4. The highest BCUT2D eigenvalue weighted by Gasteiger charge is 2.20. The van der Waals surface area contributed by atoms with Crippen LogP contribution in [0.25, 0.3) is 0 Å². The van der Waals surface area contributed by atoms with Gasteiger partial charge >= 0.3 is 0 Å². The van der Waals surface area contributed by atoms with Crippen molar-refractivity contribution in [2.75, 3.05) is 0 Å². The number of halogens is 1. The van der Waals surface area contributed by atoms with Crippen LogP contribution in [0.2, 0.25) is 5.02 Å². The van der Waals surface area contributed by atoms with Crippen molar-refractivity contribution in [2.24, 2.45) is 0 Å². The fraction of sp³-hybridized carbons (Fsp3) is 0.176. The van der Waals surface area contributed by atoms with Crippen molar-refractivity contribution < 1.29 is 18.5 Å². The summed E-state index contributed by atoms with van der Waals surface area (Å²) in [6.07, 6.45) is 1.55. The summed E-state index contributed by atoms with van der Waals surface area (Å²) in [5, 5.41) is 7.04. The molecule has 7 heteroatoms. The Bertz CT molecular complexity index is 827. The average Bonchev–Trinajstić information content (AvgIpc) is 3.22. The molecule has 2 aromatic heterocycles. The summed E-state index contributed by atoms with van der Waals surface area (Å²) < 4.78 is 16.0. The van der Waals surface area contributed by atoms with Gasteiger partial charge in [-0.05, 0) is 31.2 Å². The van der Waals surface area contributed by atoms with Crippen molar-refractivity contribution in [1.29, 1.82) is 0 Å². The van der Waals surface area contributed by atoms with Crippen LogP contribution in [0, 0.1) is 6.92 Å². The Morgan fingerprint density at radius 2 is 2.12 bits per heavy atom. The fourth-order valence-corrected chi connectivity index (χ4v) is 2.31. The second kappa shape index (κ2) is 7.23. The predicted octanol–water partition coefficient (Wildman–Crippen LogP) is 3.74. The zero-order chi connectivity index (χ0) is 16.9. The Labute approximate surface area is 143 Å². The lowest BCUT2D eigenvalue weighted by Crippen LogP contribution is -2.24. The monoisotopic (exact) mass is 346 g/mol. The molecule has 0 bridgehead atoms. The van der Waals surface area contributed by atoms with E-state index in [-0.39, 0.29) is 24.8 Å². The largest absolute Gasteiger partial charge is 0.487 e. The Hall–Kier alpha value is -2.73. The second-order valence-corrected chi connectivity index (χ2v) is 5.45. The van der Waals surface area contributed by atoms with E-state index < -0.39 is 0 Å². The number of para-hydroxylation sites is 1. The number of aromatic nitrogens is 1. The van der Waals surface area contributed by atoms with Gasteiger partial charge in [0.15, 0.2) is 5.69 Å². The highest BCUT2D eigenvalue weighted by molar-refractivity contribution is 6.32. The van der Waals surface area contributed by atoms with E-state index in [1.807, 2.05) is 12.1 Å². The van der Waals surface area contributed by atoms with Crippen LogP contribution in [0.5, 0.6) is 5.75 Å². The van der Waals surface area contributed by atoms with E-state index in [0.29, 0.717) is 27.9 Å². The third-order valence-electron chi connectivity index (χ3n) is 3.41. The molecule has 0 aliphatic heterocycles. The van der Waals surface area contributed by atoms with Gasteiger partial charge in [-0.25, -0.2) is 0 Å². The number of furan rings is 1. The molecule has 1 aromatic carbocycles. The lowest BCUT2D eigenvalue weighted by Gasteiger charge is -2.08. The lowest BCUT2D eigenvalue weighted by molar-refractivity contribution is 0.0936. The van der Waals surface area contributed by atoms with Crippen LogP contribution in [0.4, 0.5) is 0 Å². The van der Waals surface area contributed by atoms with Gasteiger partial charge in [0, 0.05) is 0 Å². The molecule has 0 fully saturated rings. The van der Waals surface area contributed by atoms with Crippen LogP contribution in [-0.4, -0.2) is 11.1 Å². The zero-order valence-electron chi connectivity index (χ0n) is 12.9. The van der Waals surface area contributed by atoms with Crippen LogP contribution in [0.3, 0.4) is 0 Å². The van der Waals surface area contributed by atoms with Crippen molar-refractivity contribution in [3.63, 3.8) is 0 Å². The number of nitrogens with zero attached hydrogens (tertiary/aromatic N) is 1. The van der Waals surface area contributed by atoms with Crippen LogP contribution in [0.1, 0.15) is 27.6 Å². The van der Waals surface area contributed by atoms with E-state index >= 15 is 0 Å². The van der Waals surface area contributed by atoms with Gasteiger partial charge in [0.1, 0.15) is 23.9 Å². The predicted molar refractivity (Wildman–Crippen MR) is 86.9 cm³/mol. The molecule has 124 valence electrons. The highest BCUT2D eigenvalue weighted by atomic mass is 35.5. The number of carbonyl (C=O) groups excluding carboxylic acids is 1. The molecule has 0 saturated carbocycles. The smallest absolute Gasteiger partial charge is 0.274 e. The Morgan fingerprint density at radius 3 is 2.88 bits per heavy atom. The molecule has 2 heterocycles. The molecule has 24 heavy (non-hydrogen) atoms. The molecule has 0 spiro atoms. The third kappa shape index (κ3) is 3.60. The average molecular weight is 347 g/mol. The lowest BCUT2D eigenvalue weighted by atomic mass is 10.2. The minimum absolute atomic E-state index is 0.128. The van der Waals surface area contributed by atoms with E-state index in [1.54, 1.807) is 37.5 Å². The summed E-state index contributed by atoms with van der Waals surface area (Å²) in [5.74, 6) is 1.34. The molecule has 0 unspecified atom stereocenters. The minimum atomic E-state index is -0.360.